The summed E-state index contributed by atoms with van der Waals surface area (Å²) in [7, 11) is 0. The van der Waals surface area contributed by atoms with Crippen molar-refractivity contribution in [2.75, 3.05) is 33.0 Å². The van der Waals surface area contributed by atoms with Gasteiger partial charge in [-0.1, -0.05) is 82.4 Å². The van der Waals surface area contributed by atoms with Crippen LogP contribution in [-0.2, 0) is 28.6 Å². The van der Waals surface area contributed by atoms with Crippen LogP contribution in [0.2, 0.25) is 0 Å². The third-order valence-corrected chi connectivity index (χ3v) is 28.4. The van der Waals surface area contributed by atoms with E-state index in [9.17, 15) is 24.6 Å². The lowest BCUT2D eigenvalue weighted by Crippen LogP contribution is -2.66. The summed E-state index contributed by atoms with van der Waals surface area (Å²) in [5.74, 6) is 5.88. The van der Waals surface area contributed by atoms with Crippen molar-refractivity contribution in [2.45, 2.75) is 230 Å². The molecule has 8 heteroatoms. The number of carbonyl (C=O) groups is 3. The van der Waals surface area contributed by atoms with Crippen molar-refractivity contribution in [3.05, 3.63) is 24.3 Å². The monoisotopic (exact) mass is 1040 g/mol. The highest BCUT2D eigenvalue weighted by molar-refractivity contribution is 5.86. The van der Waals surface area contributed by atoms with Crippen molar-refractivity contribution in [2.24, 2.45) is 113 Å². The molecule has 11 fully saturated rings. The van der Waals surface area contributed by atoms with Gasteiger partial charge in [0.05, 0.1) is 13.2 Å². The normalized spacial score (nSPS) is 50.1. The Morgan fingerprint density at radius 1 is 0.560 bits per heavy atom. The van der Waals surface area contributed by atoms with E-state index in [2.05, 4.69) is 82.4 Å². The van der Waals surface area contributed by atoms with Gasteiger partial charge < -0.3 is 24.4 Å². The maximum Gasteiger partial charge on any atom is 0.302 e. The quantitative estimate of drug-likeness (QED) is 0.173. The highest BCUT2D eigenvalue weighted by atomic mass is 16.7. The van der Waals surface area contributed by atoms with Crippen LogP contribution in [-0.4, -0.2) is 67.1 Å². The number of aliphatic hydroxyl groups is 2. The Hall–Kier alpha value is -1.87. The highest BCUT2D eigenvalue weighted by Crippen LogP contribution is 2.79. The molecule has 0 aromatic heterocycles. The first kappa shape index (κ1) is 56.4. The van der Waals surface area contributed by atoms with Gasteiger partial charge in [0.1, 0.15) is 18.2 Å². The molecule has 2 N–H and O–H groups in total. The van der Waals surface area contributed by atoms with E-state index >= 15 is 0 Å². The maximum absolute atomic E-state index is 13.1. The molecule has 19 atom stereocenters. The summed E-state index contributed by atoms with van der Waals surface area (Å²) >= 11 is 0. The summed E-state index contributed by atoms with van der Waals surface area (Å²) in [5, 5.41) is 21.0. The summed E-state index contributed by atoms with van der Waals surface area (Å²) in [6, 6.07) is 0. The Bertz CT molecular complexity index is 2240. The van der Waals surface area contributed by atoms with Crippen molar-refractivity contribution in [3.63, 3.8) is 0 Å². The smallest absolute Gasteiger partial charge is 0.302 e. The van der Waals surface area contributed by atoms with Crippen molar-refractivity contribution in [3.8, 4) is 0 Å². The number of hydrogen-bond acceptors (Lipinski definition) is 8. The van der Waals surface area contributed by atoms with E-state index in [0.717, 1.165) is 95.0 Å². The van der Waals surface area contributed by atoms with Crippen LogP contribution in [0.1, 0.15) is 224 Å². The summed E-state index contributed by atoms with van der Waals surface area (Å²) in [4.78, 5) is 37.6. The van der Waals surface area contributed by atoms with E-state index in [4.69, 9.17) is 14.2 Å². The molecule has 1 saturated heterocycles. The Balaban J connectivity index is 0.000000172. The molecule has 0 aromatic carbocycles. The van der Waals surface area contributed by atoms with Gasteiger partial charge in [-0.25, -0.2) is 0 Å². The fourth-order valence-electron chi connectivity index (χ4n) is 24.0. The molecule has 0 amide bonds. The first-order chi connectivity index (χ1) is 35.2. The van der Waals surface area contributed by atoms with E-state index in [1.54, 1.807) is 0 Å². The third-order valence-electron chi connectivity index (χ3n) is 28.4. The Labute approximate surface area is 455 Å². The number of ketones is 2. The number of carbonyl (C=O) groups excluding carboxylic acids is 3. The number of ether oxygens (including phenoxy) is 3. The predicted octanol–water partition coefficient (Wildman–Crippen LogP) is 14.5. The van der Waals surface area contributed by atoms with Crippen LogP contribution in [0.25, 0.3) is 0 Å². The van der Waals surface area contributed by atoms with Crippen molar-refractivity contribution in [1.29, 1.82) is 0 Å². The molecule has 1 aliphatic heterocycles. The fraction of sp³-hybridized carbons (Fsp3) is 0.896. The summed E-state index contributed by atoms with van der Waals surface area (Å²) in [6.07, 6.45) is 26.0. The van der Waals surface area contributed by atoms with Crippen molar-refractivity contribution in [1.82, 2.24) is 0 Å². The molecule has 0 aromatic rings. The second kappa shape index (κ2) is 19.4. The molecule has 0 spiro atoms. The lowest BCUT2D eigenvalue weighted by atomic mass is 9.32. The number of esters is 1. The van der Waals surface area contributed by atoms with Gasteiger partial charge in [-0.15, -0.1) is 0 Å². The van der Waals surface area contributed by atoms with E-state index < -0.39 is 0 Å². The zero-order valence-electron chi connectivity index (χ0n) is 49.4. The van der Waals surface area contributed by atoms with Crippen LogP contribution in [0, 0.1) is 113 Å². The van der Waals surface area contributed by atoms with Crippen LogP contribution in [0.5, 0.6) is 0 Å². The minimum atomic E-state index is -0.247. The van der Waals surface area contributed by atoms with Crippen LogP contribution in [0.3, 0.4) is 0 Å². The molecule has 11 rings (SSSR count). The van der Waals surface area contributed by atoms with Gasteiger partial charge in [0.25, 0.3) is 0 Å². The van der Waals surface area contributed by atoms with Crippen LogP contribution < -0.4 is 0 Å². The third kappa shape index (κ3) is 8.19. The lowest BCUT2D eigenvalue weighted by molar-refractivity contribution is -0.245. The molecule has 75 heavy (non-hydrogen) atoms. The molecule has 0 bridgehead atoms. The molecule has 10 saturated carbocycles. The van der Waals surface area contributed by atoms with E-state index in [1.807, 2.05) is 0 Å². The molecule has 10 aliphatic carbocycles. The Morgan fingerprint density at radius 3 is 1.53 bits per heavy atom. The van der Waals surface area contributed by atoms with Crippen LogP contribution in [0.15, 0.2) is 24.3 Å². The van der Waals surface area contributed by atoms with Gasteiger partial charge in [-0.3, -0.25) is 14.4 Å². The van der Waals surface area contributed by atoms with Gasteiger partial charge in [0.15, 0.2) is 6.29 Å². The van der Waals surface area contributed by atoms with E-state index in [1.165, 1.54) is 84.0 Å². The number of Topliss-reactive ketones (excluding diaryl/α,β-unsaturated/α-hetero) is 2. The zero-order chi connectivity index (χ0) is 54.2. The van der Waals surface area contributed by atoms with Crippen molar-refractivity contribution >= 4 is 17.5 Å². The largest absolute Gasteiger partial charge is 0.461 e. The first-order valence-electron chi connectivity index (χ1n) is 31.2. The predicted molar refractivity (Wildman–Crippen MR) is 297 cm³/mol. The Morgan fingerprint density at radius 2 is 1.05 bits per heavy atom. The van der Waals surface area contributed by atoms with Crippen LogP contribution >= 0.6 is 0 Å². The number of fused-ring (bicyclic) bond motifs is 14. The van der Waals surface area contributed by atoms with Crippen molar-refractivity contribution < 1.29 is 38.8 Å². The van der Waals surface area contributed by atoms with Gasteiger partial charge in [-0.05, 0) is 248 Å². The molecular formula is C67H106O8. The Kier molecular flexibility index (Phi) is 14.6. The summed E-state index contributed by atoms with van der Waals surface area (Å²) in [6.45, 7) is 37.2. The number of rotatable bonds is 9. The minimum Gasteiger partial charge on any atom is -0.461 e. The van der Waals surface area contributed by atoms with Gasteiger partial charge in [0.2, 0.25) is 0 Å². The van der Waals surface area contributed by atoms with Gasteiger partial charge in [-0.2, -0.15) is 0 Å². The SMILES string of the molecule is C=C(CO)[C@@H]1CC[C@]2(COC3CCCCO3)CC[C@]3(C)[C@H](CC[C@@H]4[C@@]5(C)CCC(=O)C(C)(C)[C@@H]5CC[C@]43C)[C@@H]12.C=C(COC(C)=O)[C@@H]1CC[C@]2(CO)CC[C@]3(C)[C@H](CC[C@@H]4[C@@]5(C)CCC(=O)C(C)(C)[C@@H]5CC[C@]43C)[C@@H]12. The first-order valence-corrected chi connectivity index (χ1v) is 31.2. The fourth-order valence-corrected chi connectivity index (χ4v) is 24.0. The highest BCUT2D eigenvalue weighted by Gasteiger charge is 2.73. The average Bonchev–Trinajstić information content (AvgIpc) is 4.04. The standard InChI is InChI=1S/C35H56O4.C32H50O4/c1-23(21-36)24-12-17-35(22-39-29-9-7-8-20-38-29)19-18-33(5)25(30(24)35)10-11-27-32(4)15-14-28(37)31(2,3)26(32)13-16-34(27,33)6;1-20(18-36-21(2)34)22-10-15-32(19-33)17-16-30(6)23(27(22)32)8-9-25-29(5)13-12-26(35)28(3,4)24(29)11-14-31(25,30)7/h24-27,29-30,36H,1,7-22H2,2-6H3;22-25,27,33H,1,8-19H2,2-7H3/t24-,25+,26-,27+,29?,30+,32-,33+,34+,35+;22-,23+,24-,25+,27+,29-,30+,31+,32+/m00/s1. The second-order valence-electron chi connectivity index (χ2n) is 31.2. The maximum atomic E-state index is 13.1. The number of hydrogen-bond donors (Lipinski definition) is 2. The summed E-state index contributed by atoms with van der Waals surface area (Å²) < 4.78 is 18.0. The average molecular weight is 1040 g/mol. The molecule has 11 aliphatic rings. The molecule has 0 radical (unpaired) electrons. The summed E-state index contributed by atoms with van der Waals surface area (Å²) in [5.41, 5.74) is 3.32. The molecule has 422 valence electrons. The molecular weight excluding hydrogens is 933 g/mol. The van der Waals surface area contributed by atoms with E-state index in [0.29, 0.717) is 77.4 Å². The van der Waals surface area contributed by atoms with Gasteiger partial charge >= 0.3 is 5.97 Å². The number of aliphatic hydroxyl groups excluding tert-OH is 2. The minimum absolute atomic E-state index is 0.0163. The second-order valence-corrected chi connectivity index (χ2v) is 31.2. The topological polar surface area (TPSA) is 119 Å². The van der Waals surface area contributed by atoms with E-state index in [-0.39, 0.29) is 79.6 Å². The van der Waals surface area contributed by atoms with Crippen LogP contribution in [0.4, 0.5) is 0 Å². The zero-order valence-corrected chi connectivity index (χ0v) is 49.4. The lowest BCUT2D eigenvalue weighted by Gasteiger charge is -2.72. The van der Waals surface area contributed by atoms with Gasteiger partial charge in [0, 0.05) is 43.8 Å². The molecule has 1 unspecified atom stereocenters. The molecule has 1 heterocycles. The molecule has 8 nitrogen and oxygen atoms in total.